The second-order valence-electron chi connectivity index (χ2n) is 6.95. The van der Waals surface area contributed by atoms with Gasteiger partial charge in [-0.05, 0) is 50.2 Å². The van der Waals surface area contributed by atoms with E-state index in [1.165, 1.54) is 12.1 Å². The highest BCUT2D eigenvalue weighted by atomic mass is 35.5. The van der Waals surface area contributed by atoms with Gasteiger partial charge in [0.1, 0.15) is 5.82 Å². The quantitative estimate of drug-likeness (QED) is 0.750. The molecule has 28 heavy (non-hydrogen) atoms. The van der Waals surface area contributed by atoms with Crippen LogP contribution >= 0.6 is 23.2 Å². The number of carbonyl (C=O) groups excluding carboxylic acids is 1. The maximum Gasteiger partial charge on any atom is 0.256 e. The molecule has 0 radical (unpaired) electrons. The molecule has 2 aromatic carbocycles. The summed E-state index contributed by atoms with van der Waals surface area (Å²) in [5, 5.41) is 2.50. The molecular formula is C20H19Cl2FN4O. The number of benzene rings is 2. The molecule has 0 aromatic heterocycles. The van der Waals surface area contributed by atoms with E-state index in [9.17, 15) is 9.18 Å². The fourth-order valence-corrected chi connectivity index (χ4v) is 4.20. The van der Waals surface area contributed by atoms with Crippen LogP contribution in [0.1, 0.15) is 30.6 Å². The third-order valence-corrected chi connectivity index (χ3v) is 6.00. The monoisotopic (exact) mass is 420 g/mol. The average molecular weight is 421 g/mol. The zero-order valence-corrected chi connectivity index (χ0v) is 16.9. The third-order valence-electron chi connectivity index (χ3n) is 5.18. The van der Waals surface area contributed by atoms with Crippen LogP contribution in [0.2, 0.25) is 10.0 Å². The Hall–Kier alpha value is -2.28. The van der Waals surface area contributed by atoms with E-state index in [1.807, 2.05) is 18.9 Å². The van der Waals surface area contributed by atoms with Crippen molar-refractivity contribution in [2.24, 2.45) is 0 Å². The number of amides is 1. The lowest BCUT2D eigenvalue weighted by Crippen LogP contribution is -2.50. The van der Waals surface area contributed by atoms with Crippen molar-refractivity contribution < 1.29 is 9.18 Å². The summed E-state index contributed by atoms with van der Waals surface area (Å²) < 4.78 is 13.3. The fourth-order valence-electron chi connectivity index (χ4n) is 3.82. The molecule has 2 atom stereocenters. The van der Waals surface area contributed by atoms with Gasteiger partial charge in [0, 0.05) is 12.5 Å². The highest BCUT2D eigenvalue weighted by molar-refractivity contribution is 6.43. The predicted octanol–water partition coefficient (Wildman–Crippen LogP) is 4.50. The Kier molecular flexibility index (Phi) is 4.95. The molecule has 2 aromatic rings. The molecule has 4 rings (SSSR count). The Morgan fingerprint density at radius 3 is 2.57 bits per heavy atom. The molecule has 0 saturated heterocycles. The van der Waals surface area contributed by atoms with Crippen molar-refractivity contribution in [3.63, 3.8) is 0 Å². The smallest absolute Gasteiger partial charge is 0.256 e. The second kappa shape index (κ2) is 7.28. The van der Waals surface area contributed by atoms with E-state index in [2.05, 4.69) is 11.0 Å². The standard InChI is InChI=1S/C20H19Cl2FN4O/c1-11-10-17-19(24-25-27(17)14-8-6-13(23)7-9-14)12(2)26(11)20(28)15-4-3-5-16(21)18(15)22/h3-9,11-12,24-25H,10H2,1-2H3. The van der Waals surface area contributed by atoms with E-state index < -0.39 is 0 Å². The first-order valence-electron chi connectivity index (χ1n) is 8.95. The summed E-state index contributed by atoms with van der Waals surface area (Å²) >= 11 is 12.4. The molecule has 2 heterocycles. The molecule has 5 nitrogen and oxygen atoms in total. The van der Waals surface area contributed by atoms with E-state index in [1.54, 1.807) is 35.2 Å². The van der Waals surface area contributed by atoms with Gasteiger partial charge < -0.3 is 10.3 Å². The van der Waals surface area contributed by atoms with Gasteiger partial charge in [-0.15, -0.1) is 5.53 Å². The number of halogens is 3. The van der Waals surface area contributed by atoms with Crippen molar-refractivity contribution in [1.82, 2.24) is 15.9 Å². The van der Waals surface area contributed by atoms with Gasteiger partial charge in [-0.2, -0.15) is 0 Å². The van der Waals surface area contributed by atoms with E-state index in [-0.39, 0.29) is 28.8 Å². The predicted molar refractivity (Wildman–Crippen MR) is 108 cm³/mol. The summed E-state index contributed by atoms with van der Waals surface area (Å²) in [6.45, 7) is 3.96. The van der Waals surface area contributed by atoms with Crippen LogP contribution in [-0.2, 0) is 0 Å². The molecular weight excluding hydrogens is 402 g/mol. The number of hydrogen-bond donors (Lipinski definition) is 2. The molecule has 0 aliphatic carbocycles. The average Bonchev–Trinajstić information content (AvgIpc) is 3.08. The summed E-state index contributed by atoms with van der Waals surface area (Å²) in [7, 11) is 0. The van der Waals surface area contributed by atoms with Crippen molar-refractivity contribution in [2.75, 3.05) is 5.01 Å². The molecule has 0 bridgehead atoms. The molecule has 2 aliphatic heterocycles. The normalized spacial score (nSPS) is 21.6. The molecule has 146 valence electrons. The number of rotatable bonds is 2. The van der Waals surface area contributed by atoms with Crippen molar-refractivity contribution in [2.45, 2.75) is 32.4 Å². The molecule has 1 amide bonds. The Morgan fingerprint density at radius 2 is 1.86 bits per heavy atom. The van der Waals surface area contributed by atoms with Gasteiger partial charge in [0.05, 0.1) is 38.7 Å². The molecule has 8 heteroatoms. The van der Waals surface area contributed by atoms with Crippen LogP contribution in [0.3, 0.4) is 0 Å². The van der Waals surface area contributed by atoms with Gasteiger partial charge in [-0.1, -0.05) is 29.3 Å². The highest BCUT2D eigenvalue weighted by Gasteiger charge is 2.40. The summed E-state index contributed by atoms with van der Waals surface area (Å²) in [5.41, 5.74) is 9.39. The van der Waals surface area contributed by atoms with Gasteiger partial charge >= 0.3 is 0 Å². The zero-order chi connectivity index (χ0) is 20.0. The lowest BCUT2D eigenvalue weighted by molar-refractivity contribution is 0.0616. The Labute approximate surface area is 172 Å². The van der Waals surface area contributed by atoms with Crippen LogP contribution in [-0.4, -0.2) is 22.9 Å². The Morgan fingerprint density at radius 1 is 1.14 bits per heavy atom. The topological polar surface area (TPSA) is 47.6 Å². The number of nitrogens with zero attached hydrogens (tertiary/aromatic N) is 2. The van der Waals surface area contributed by atoms with E-state index in [0.29, 0.717) is 17.0 Å². The van der Waals surface area contributed by atoms with Crippen LogP contribution in [0.25, 0.3) is 0 Å². The molecule has 0 saturated carbocycles. The number of hydrogen-bond acceptors (Lipinski definition) is 4. The van der Waals surface area contributed by atoms with E-state index in [0.717, 1.165) is 17.1 Å². The summed E-state index contributed by atoms with van der Waals surface area (Å²) in [5.74, 6) is -0.452. The molecule has 0 fully saturated rings. The number of nitrogens with one attached hydrogen (secondary N) is 2. The minimum absolute atomic E-state index is 0.0686. The zero-order valence-electron chi connectivity index (χ0n) is 15.3. The van der Waals surface area contributed by atoms with Crippen LogP contribution in [0.4, 0.5) is 10.1 Å². The van der Waals surface area contributed by atoms with E-state index in [4.69, 9.17) is 23.2 Å². The Bertz CT molecular complexity index is 963. The van der Waals surface area contributed by atoms with Crippen molar-refractivity contribution >= 4 is 34.8 Å². The van der Waals surface area contributed by atoms with Crippen molar-refractivity contribution in [3.05, 3.63) is 75.3 Å². The van der Waals surface area contributed by atoms with Crippen LogP contribution < -0.4 is 16.0 Å². The van der Waals surface area contributed by atoms with Crippen molar-refractivity contribution in [3.8, 4) is 0 Å². The SMILES string of the molecule is CC1CC2=C(NNN2c2ccc(F)cc2)C(C)N1C(=O)c1cccc(Cl)c1Cl. The fraction of sp³-hybridized carbons (Fsp3) is 0.250. The van der Waals surface area contributed by atoms with Crippen LogP contribution in [0.15, 0.2) is 53.9 Å². The second-order valence-corrected chi connectivity index (χ2v) is 7.74. The minimum Gasteiger partial charge on any atom is -0.327 e. The van der Waals surface area contributed by atoms with Gasteiger partial charge in [0.25, 0.3) is 5.91 Å². The first-order chi connectivity index (χ1) is 13.4. The van der Waals surface area contributed by atoms with Crippen LogP contribution in [0, 0.1) is 5.82 Å². The molecule has 2 N–H and O–H groups in total. The third kappa shape index (κ3) is 3.11. The molecule has 0 spiro atoms. The lowest BCUT2D eigenvalue weighted by Gasteiger charge is -2.40. The molecule has 2 unspecified atom stereocenters. The maximum absolute atomic E-state index is 13.3. The van der Waals surface area contributed by atoms with Gasteiger partial charge in [0.15, 0.2) is 0 Å². The van der Waals surface area contributed by atoms with E-state index >= 15 is 0 Å². The number of hydrazine groups is 2. The van der Waals surface area contributed by atoms with Crippen LogP contribution in [0.5, 0.6) is 0 Å². The number of carbonyl (C=O) groups is 1. The largest absolute Gasteiger partial charge is 0.327 e. The first kappa shape index (κ1) is 19.1. The lowest BCUT2D eigenvalue weighted by atomic mass is 9.97. The summed E-state index contributed by atoms with van der Waals surface area (Å²) in [6, 6.07) is 11.0. The maximum atomic E-state index is 13.3. The van der Waals surface area contributed by atoms with Gasteiger partial charge in [0.2, 0.25) is 0 Å². The van der Waals surface area contributed by atoms with Gasteiger partial charge in [-0.25, -0.2) is 4.39 Å². The first-order valence-corrected chi connectivity index (χ1v) is 9.71. The summed E-state index contributed by atoms with van der Waals surface area (Å²) in [4.78, 5) is 15.0. The Balaban J connectivity index is 1.66. The van der Waals surface area contributed by atoms with Gasteiger partial charge in [-0.3, -0.25) is 9.80 Å². The molecule has 2 aliphatic rings. The number of anilines is 1. The van der Waals surface area contributed by atoms with Crippen molar-refractivity contribution in [1.29, 1.82) is 0 Å². The summed E-state index contributed by atoms with van der Waals surface area (Å²) in [6.07, 6.45) is 0.626. The highest BCUT2D eigenvalue weighted by Crippen LogP contribution is 2.36. The minimum atomic E-state index is -0.286.